The van der Waals surface area contributed by atoms with E-state index in [1.54, 1.807) is 0 Å². The van der Waals surface area contributed by atoms with Gasteiger partial charge in [-0.15, -0.1) is 0 Å². The number of fused-ring (bicyclic) bond motifs is 2. The van der Waals surface area contributed by atoms with Crippen LogP contribution in [0.5, 0.6) is 0 Å². The minimum atomic E-state index is -0.0784. The fourth-order valence-corrected chi connectivity index (χ4v) is 5.29. The molecule has 0 spiro atoms. The maximum absolute atomic E-state index is 6.26. The van der Waals surface area contributed by atoms with Gasteiger partial charge in [-0.2, -0.15) is 4.58 Å². The predicted molar refractivity (Wildman–Crippen MR) is 134 cm³/mol. The van der Waals surface area contributed by atoms with Crippen LogP contribution in [-0.2, 0) is 10.8 Å². The van der Waals surface area contributed by atoms with E-state index in [0.29, 0.717) is 0 Å². The Hall–Kier alpha value is -2.58. The van der Waals surface area contributed by atoms with Crippen molar-refractivity contribution in [1.29, 1.82) is 0 Å². The van der Waals surface area contributed by atoms with E-state index in [2.05, 4.69) is 119 Å². The number of rotatable bonds is 3. The zero-order valence-electron chi connectivity index (χ0n) is 19.6. The molecule has 2 aromatic rings. The van der Waals surface area contributed by atoms with Crippen LogP contribution in [0.1, 0.15) is 44.4 Å². The Labute approximate surface area is 191 Å². The Morgan fingerprint density at radius 3 is 2.39 bits per heavy atom. The highest BCUT2D eigenvalue weighted by atomic mass is 35.5. The Morgan fingerprint density at radius 2 is 1.65 bits per heavy atom. The fourth-order valence-electron chi connectivity index (χ4n) is 5.12. The summed E-state index contributed by atoms with van der Waals surface area (Å²) >= 11 is 6.26. The van der Waals surface area contributed by atoms with Gasteiger partial charge in [0, 0.05) is 46.6 Å². The van der Waals surface area contributed by atoms with Crippen LogP contribution in [0.25, 0.3) is 0 Å². The summed E-state index contributed by atoms with van der Waals surface area (Å²) in [5, 5.41) is 0.788. The quantitative estimate of drug-likeness (QED) is 0.371. The Bertz CT molecular complexity index is 1180. The fraction of sp³-hybridized carbons (Fsp3) is 0.321. The largest absolute Gasteiger partial charge is 0.347 e. The highest BCUT2D eigenvalue weighted by Gasteiger charge is 2.43. The summed E-state index contributed by atoms with van der Waals surface area (Å²) in [6, 6.07) is 12.9. The number of halogens is 1. The topological polar surface area (TPSA) is 6.25 Å². The summed E-state index contributed by atoms with van der Waals surface area (Å²) in [6.07, 6.45) is 10.9. The van der Waals surface area contributed by atoms with Gasteiger partial charge in [-0.05, 0) is 50.6 Å². The van der Waals surface area contributed by atoms with Crippen LogP contribution in [0.3, 0.4) is 0 Å². The lowest BCUT2D eigenvalue weighted by Crippen LogP contribution is -2.26. The molecule has 0 aromatic heterocycles. The number of benzene rings is 2. The molecule has 160 valence electrons. The molecule has 2 nitrogen and oxygen atoms in total. The molecule has 0 saturated carbocycles. The molecule has 0 radical (unpaired) electrons. The SMILES string of the molecule is Cc1ccc2c(c1)C(C)(C)\C(=C/C=C/C=C/C1=[N+](C)c3ccc(Cl)cc3C1(C)C)N2C. The van der Waals surface area contributed by atoms with Crippen molar-refractivity contribution in [3.8, 4) is 0 Å². The lowest BCUT2D eigenvalue weighted by molar-refractivity contribution is -0.401. The van der Waals surface area contributed by atoms with Crippen LogP contribution in [0.2, 0.25) is 5.02 Å². The maximum atomic E-state index is 6.26. The number of allylic oxidation sites excluding steroid dienone is 6. The Morgan fingerprint density at radius 1 is 0.903 bits per heavy atom. The number of aryl methyl sites for hydroxylation is 1. The Balaban J connectivity index is 1.57. The summed E-state index contributed by atoms with van der Waals surface area (Å²) in [4.78, 5) is 2.31. The third-order valence-corrected chi connectivity index (χ3v) is 7.15. The van der Waals surface area contributed by atoms with E-state index >= 15 is 0 Å². The summed E-state index contributed by atoms with van der Waals surface area (Å²) in [7, 11) is 4.29. The molecule has 2 aliphatic heterocycles. The first kappa shape index (κ1) is 21.6. The molecule has 0 saturated heterocycles. The van der Waals surface area contributed by atoms with E-state index in [0.717, 1.165) is 5.02 Å². The van der Waals surface area contributed by atoms with Gasteiger partial charge in [-0.3, -0.25) is 0 Å². The molecular formula is C28H32ClN2+. The molecule has 2 aliphatic rings. The second-order valence-corrected chi connectivity index (χ2v) is 10.2. The molecule has 0 amide bonds. The number of hydrogen-bond donors (Lipinski definition) is 0. The van der Waals surface area contributed by atoms with Crippen molar-refractivity contribution in [2.75, 3.05) is 19.0 Å². The molecule has 0 N–H and O–H groups in total. The van der Waals surface area contributed by atoms with Gasteiger partial charge in [0.05, 0.1) is 5.41 Å². The van der Waals surface area contributed by atoms with Crippen molar-refractivity contribution < 1.29 is 4.58 Å². The van der Waals surface area contributed by atoms with Crippen LogP contribution in [0.15, 0.2) is 72.5 Å². The minimum Gasteiger partial charge on any atom is -0.347 e. The predicted octanol–water partition coefficient (Wildman–Crippen LogP) is 7.08. The summed E-state index contributed by atoms with van der Waals surface area (Å²) in [6.45, 7) is 11.3. The van der Waals surface area contributed by atoms with E-state index in [1.165, 1.54) is 39.5 Å². The zero-order valence-corrected chi connectivity index (χ0v) is 20.4. The van der Waals surface area contributed by atoms with Gasteiger partial charge in [0.15, 0.2) is 5.71 Å². The van der Waals surface area contributed by atoms with Crippen LogP contribution in [-0.4, -0.2) is 24.4 Å². The number of likely N-dealkylation sites (N-methyl/N-ethyl adjacent to an activating group) is 1. The summed E-state index contributed by atoms with van der Waals surface area (Å²) in [5.41, 5.74) is 8.99. The van der Waals surface area contributed by atoms with Gasteiger partial charge in [0.2, 0.25) is 5.69 Å². The van der Waals surface area contributed by atoms with Crippen LogP contribution < -0.4 is 4.90 Å². The molecule has 2 heterocycles. The Kier molecular flexibility index (Phi) is 5.26. The third-order valence-electron chi connectivity index (χ3n) is 6.91. The molecule has 0 atom stereocenters. The molecular weight excluding hydrogens is 400 g/mol. The van der Waals surface area contributed by atoms with E-state index in [4.69, 9.17) is 11.6 Å². The van der Waals surface area contributed by atoms with Gasteiger partial charge < -0.3 is 4.90 Å². The van der Waals surface area contributed by atoms with Crippen LogP contribution in [0, 0.1) is 6.92 Å². The first-order valence-corrected chi connectivity index (χ1v) is 11.2. The molecule has 0 bridgehead atoms. The lowest BCUT2D eigenvalue weighted by atomic mass is 9.81. The van der Waals surface area contributed by atoms with Gasteiger partial charge >= 0.3 is 0 Å². The molecule has 2 aromatic carbocycles. The second kappa shape index (κ2) is 7.53. The van der Waals surface area contributed by atoms with Gasteiger partial charge in [-0.25, -0.2) is 0 Å². The van der Waals surface area contributed by atoms with Crippen LogP contribution >= 0.6 is 11.6 Å². The molecule has 0 fully saturated rings. The van der Waals surface area contributed by atoms with Gasteiger partial charge in [0.25, 0.3) is 0 Å². The van der Waals surface area contributed by atoms with E-state index in [1.807, 2.05) is 6.07 Å². The van der Waals surface area contributed by atoms with Crippen molar-refractivity contribution in [2.24, 2.45) is 0 Å². The number of anilines is 1. The highest BCUT2D eigenvalue weighted by Crippen LogP contribution is 2.47. The monoisotopic (exact) mass is 431 g/mol. The normalized spacial score (nSPS) is 20.4. The molecule has 0 unspecified atom stereocenters. The molecule has 3 heteroatoms. The van der Waals surface area contributed by atoms with Crippen LogP contribution in [0.4, 0.5) is 11.4 Å². The second-order valence-electron chi connectivity index (χ2n) is 9.73. The van der Waals surface area contributed by atoms with Crippen molar-refractivity contribution in [3.63, 3.8) is 0 Å². The van der Waals surface area contributed by atoms with Crippen molar-refractivity contribution in [3.05, 3.63) is 94.2 Å². The molecule has 0 aliphatic carbocycles. The van der Waals surface area contributed by atoms with Crippen molar-refractivity contribution in [1.82, 2.24) is 0 Å². The first-order chi connectivity index (χ1) is 14.5. The molecule has 4 rings (SSSR count). The van der Waals surface area contributed by atoms with E-state index in [-0.39, 0.29) is 10.8 Å². The zero-order chi connectivity index (χ0) is 22.6. The highest BCUT2D eigenvalue weighted by molar-refractivity contribution is 6.30. The summed E-state index contributed by atoms with van der Waals surface area (Å²) in [5.74, 6) is 0. The average Bonchev–Trinajstić information content (AvgIpc) is 3.00. The number of hydrogen-bond acceptors (Lipinski definition) is 1. The van der Waals surface area contributed by atoms with Crippen molar-refractivity contribution in [2.45, 2.75) is 45.4 Å². The van der Waals surface area contributed by atoms with Crippen molar-refractivity contribution >= 4 is 28.7 Å². The lowest BCUT2D eigenvalue weighted by Gasteiger charge is -2.23. The molecule has 31 heavy (non-hydrogen) atoms. The van der Waals surface area contributed by atoms with Gasteiger partial charge in [-0.1, -0.05) is 61.4 Å². The van der Waals surface area contributed by atoms with E-state index in [9.17, 15) is 0 Å². The standard InChI is InChI=1S/C28H32ClN2/c1-19-13-15-23-21(17-19)27(2,3)25(30(23)6)11-9-8-10-12-26-28(4,5)22-18-20(29)14-16-24(22)31(26)7/h8-18H,1-7H3/q+1. The third kappa shape index (κ3) is 3.47. The minimum absolute atomic E-state index is 0.00647. The maximum Gasteiger partial charge on any atom is 0.209 e. The smallest absolute Gasteiger partial charge is 0.209 e. The summed E-state index contributed by atoms with van der Waals surface area (Å²) < 4.78 is 2.27. The number of nitrogens with zero attached hydrogens (tertiary/aromatic N) is 2. The van der Waals surface area contributed by atoms with Gasteiger partial charge in [0.1, 0.15) is 7.05 Å². The van der Waals surface area contributed by atoms with E-state index < -0.39 is 0 Å². The average molecular weight is 432 g/mol. The first-order valence-electron chi connectivity index (χ1n) is 10.9.